The van der Waals surface area contributed by atoms with Crippen molar-refractivity contribution in [3.8, 4) is 0 Å². The Morgan fingerprint density at radius 2 is 2.21 bits per heavy atom. The molecule has 6 heteroatoms. The lowest BCUT2D eigenvalue weighted by Crippen LogP contribution is -2.36. The topological polar surface area (TPSA) is 64.8 Å². The zero-order chi connectivity index (χ0) is 16.4. The zero-order valence-electron chi connectivity index (χ0n) is 13.4. The van der Waals surface area contributed by atoms with Crippen LogP contribution in [0.2, 0.25) is 0 Å². The molecule has 4 rings (SSSR count). The van der Waals surface area contributed by atoms with Gasteiger partial charge in [-0.25, -0.2) is 0 Å². The number of rotatable bonds is 4. The molecule has 2 saturated heterocycles. The molecule has 0 aliphatic carbocycles. The van der Waals surface area contributed by atoms with Crippen LogP contribution < -0.4 is 0 Å². The van der Waals surface area contributed by atoms with E-state index in [0.717, 1.165) is 18.4 Å². The molecule has 1 amide bonds. The Hall–Kier alpha value is -2.18. The number of aromatic nitrogens is 1. The fourth-order valence-corrected chi connectivity index (χ4v) is 3.48. The molecule has 1 aromatic carbocycles. The maximum atomic E-state index is 12.3. The molecule has 0 radical (unpaired) electrons. The lowest BCUT2D eigenvalue weighted by molar-refractivity contribution is 0.0000650. The highest BCUT2D eigenvalue weighted by Gasteiger charge is 2.47. The molecule has 2 aromatic rings. The van der Waals surface area contributed by atoms with Crippen LogP contribution in [-0.2, 0) is 16.1 Å². The van der Waals surface area contributed by atoms with Crippen LogP contribution in [-0.4, -0.2) is 47.4 Å². The van der Waals surface area contributed by atoms with Gasteiger partial charge in [0.25, 0.3) is 5.91 Å². The molecule has 2 aliphatic heterocycles. The third-order valence-electron chi connectivity index (χ3n) is 4.76. The Kier molecular flexibility index (Phi) is 4.08. The maximum absolute atomic E-state index is 12.3. The largest absolute Gasteiger partial charge is 0.371 e. The average molecular weight is 328 g/mol. The summed E-state index contributed by atoms with van der Waals surface area (Å²) in [6.45, 7) is 2.42. The first kappa shape index (κ1) is 15.4. The third kappa shape index (κ3) is 3.07. The second kappa shape index (κ2) is 6.37. The molecular weight excluding hydrogens is 308 g/mol. The molecular formula is C18H20N2O4. The van der Waals surface area contributed by atoms with E-state index in [4.69, 9.17) is 14.0 Å². The molecule has 0 saturated carbocycles. The highest BCUT2D eigenvalue weighted by Crippen LogP contribution is 2.37. The number of carbonyl (C=O) groups excluding carboxylic acids is 1. The van der Waals surface area contributed by atoms with Gasteiger partial charge in [0.05, 0.1) is 37.7 Å². The van der Waals surface area contributed by atoms with Crippen molar-refractivity contribution in [2.75, 3.05) is 19.7 Å². The molecule has 2 atom stereocenters. The summed E-state index contributed by atoms with van der Waals surface area (Å²) in [4.78, 5) is 14.1. The van der Waals surface area contributed by atoms with E-state index in [2.05, 4.69) is 17.3 Å². The van der Waals surface area contributed by atoms with E-state index < -0.39 is 0 Å². The van der Waals surface area contributed by atoms with Crippen LogP contribution in [0.3, 0.4) is 0 Å². The van der Waals surface area contributed by atoms with Gasteiger partial charge in [0, 0.05) is 19.0 Å². The van der Waals surface area contributed by atoms with E-state index in [0.29, 0.717) is 26.3 Å². The van der Waals surface area contributed by atoms with Gasteiger partial charge in [0.2, 0.25) is 5.76 Å². The summed E-state index contributed by atoms with van der Waals surface area (Å²) in [6, 6.07) is 11.7. The highest BCUT2D eigenvalue weighted by molar-refractivity contribution is 5.91. The lowest BCUT2D eigenvalue weighted by Gasteiger charge is -2.22. The lowest BCUT2D eigenvalue weighted by atomic mass is 9.98. The van der Waals surface area contributed by atoms with Crippen LogP contribution in [0, 0.1) is 0 Å². The predicted octanol–water partition coefficient (Wildman–Crippen LogP) is 2.27. The normalized spacial score (nSPS) is 26.3. The first-order valence-electron chi connectivity index (χ1n) is 8.24. The molecule has 0 bridgehead atoms. The Labute approximate surface area is 140 Å². The van der Waals surface area contributed by atoms with Gasteiger partial charge in [-0.2, -0.15) is 0 Å². The van der Waals surface area contributed by atoms with Gasteiger partial charge in [-0.1, -0.05) is 35.5 Å². The predicted molar refractivity (Wildman–Crippen MR) is 85.3 cm³/mol. The number of nitrogens with zero attached hydrogens (tertiary/aromatic N) is 2. The van der Waals surface area contributed by atoms with Crippen LogP contribution >= 0.6 is 0 Å². The molecule has 2 fully saturated rings. The summed E-state index contributed by atoms with van der Waals surface area (Å²) in [5, 5.41) is 3.60. The quantitative estimate of drug-likeness (QED) is 0.861. The fourth-order valence-electron chi connectivity index (χ4n) is 3.48. The van der Waals surface area contributed by atoms with Crippen LogP contribution in [0.15, 0.2) is 47.1 Å². The highest BCUT2D eigenvalue weighted by atomic mass is 16.6. The number of likely N-dealkylation sites (tertiary alicyclic amines) is 1. The first-order valence-corrected chi connectivity index (χ1v) is 8.24. The third-order valence-corrected chi connectivity index (χ3v) is 4.76. The standard InChI is InChI=1S/C18H20N2O4/c21-17(16-6-8-19-24-16)20-9-7-18(13-20)10-15(12-23-18)22-11-14-4-2-1-3-5-14/h1-6,8,15H,7,9-13H2/t15-,18+/m1/s1. The van der Waals surface area contributed by atoms with E-state index in [9.17, 15) is 4.79 Å². The summed E-state index contributed by atoms with van der Waals surface area (Å²) in [5.41, 5.74) is 0.879. The number of benzene rings is 1. The second-order valence-corrected chi connectivity index (χ2v) is 6.47. The maximum Gasteiger partial charge on any atom is 0.292 e. The number of carbonyl (C=O) groups is 1. The van der Waals surface area contributed by atoms with Crippen molar-refractivity contribution in [3.63, 3.8) is 0 Å². The average Bonchev–Trinajstić information content (AvgIpc) is 3.36. The van der Waals surface area contributed by atoms with Crippen molar-refractivity contribution in [2.45, 2.75) is 31.2 Å². The van der Waals surface area contributed by atoms with Gasteiger partial charge >= 0.3 is 0 Å². The van der Waals surface area contributed by atoms with Crippen LogP contribution in [0.4, 0.5) is 0 Å². The van der Waals surface area contributed by atoms with E-state index in [-0.39, 0.29) is 23.4 Å². The van der Waals surface area contributed by atoms with Gasteiger partial charge in [0.15, 0.2) is 0 Å². The summed E-state index contributed by atoms with van der Waals surface area (Å²) < 4.78 is 17.0. The van der Waals surface area contributed by atoms with Crippen molar-refractivity contribution < 1.29 is 18.8 Å². The molecule has 0 unspecified atom stereocenters. The van der Waals surface area contributed by atoms with E-state index in [1.165, 1.54) is 6.20 Å². The monoisotopic (exact) mass is 328 g/mol. The fraction of sp³-hybridized carbons (Fsp3) is 0.444. The molecule has 1 spiro atoms. The minimum Gasteiger partial charge on any atom is -0.371 e. The summed E-state index contributed by atoms with van der Waals surface area (Å²) in [6.07, 6.45) is 3.21. The summed E-state index contributed by atoms with van der Waals surface area (Å²) >= 11 is 0. The Bertz CT molecular complexity index is 688. The van der Waals surface area contributed by atoms with Gasteiger partial charge in [0.1, 0.15) is 0 Å². The van der Waals surface area contributed by atoms with E-state index in [1.54, 1.807) is 11.0 Å². The van der Waals surface area contributed by atoms with Crippen LogP contribution in [0.25, 0.3) is 0 Å². The molecule has 1 aromatic heterocycles. The van der Waals surface area contributed by atoms with Crippen molar-refractivity contribution in [2.24, 2.45) is 0 Å². The second-order valence-electron chi connectivity index (χ2n) is 6.47. The molecule has 6 nitrogen and oxygen atoms in total. The minimum atomic E-state index is -0.281. The molecule has 2 aliphatic rings. The van der Waals surface area contributed by atoms with Crippen molar-refractivity contribution in [1.82, 2.24) is 10.1 Å². The minimum absolute atomic E-state index is 0.0746. The van der Waals surface area contributed by atoms with Crippen LogP contribution in [0.1, 0.15) is 29.0 Å². The van der Waals surface area contributed by atoms with Crippen molar-refractivity contribution in [1.29, 1.82) is 0 Å². The molecule has 24 heavy (non-hydrogen) atoms. The van der Waals surface area contributed by atoms with Gasteiger partial charge in [-0.15, -0.1) is 0 Å². The van der Waals surface area contributed by atoms with Gasteiger partial charge in [-0.05, 0) is 12.0 Å². The zero-order valence-corrected chi connectivity index (χ0v) is 13.4. The van der Waals surface area contributed by atoms with Crippen LogP contribution in [0.5, 0.6) is 0 Å². The van der Waals surface area contributed by atoms with Crippen molar-refractivity contribution in [3.05, 3.63) is 53.9 Å². The molecule has 0 N–H and O–H groups in total. The van der Waals surface area contributed by atoms with E-state index >= 15 is 0 Å². The Morgan fingerprint density at radius 3 is 3.00 bits per heavy atom. The number of ether oxygens (including phenoxy) is 2. The van der Waals surface area contributed by atoms with E-state index in [1.807, 2.05) is 18.2 Å². The summed E-state index contributed by atoms with van der Waals surface area (Å²) in [5.74, 6) is 0.156. The SMILES string of the molecule is O=C(c1ccno1)N1CC[C@]2(C[C@@H](OCc3ccccc3)CO2)C1. The summed E-state index contributed by atoms with van der Waals surface area (Å²) in [7, 11) is 0. The number of hydrogen-bond donors (Lipinski definition) is 0. The van der Waals surface area contributed by atoms with Crippen molar-refractivity contribution >= 4 is 5.91 Å². The molecule has 126 valence electrons. The first-order chi connectivity index (χ1) is 11.7. The Morgan fingerprint density at radius 1 is 1.33 bits per heavy atom. The Balaban J connectivity index is 1.32. The number of hydrogen-bond acceptors (Lipinski definition) is 5. The molecule has 3 heterocycles. The van der Waals surface area contributed by atoms with Gasteiger partial charge in [-0.3, -0.25) is 4.79 Å². The van der Waals surface area contributed by atoms with Gasteiger partial charge < -0.3 is 18.9 Å². The number of amides is 1. The smallest absolute Gasteiger partial charge is 0.292 e.